The molecule has 3 unspecified atom stereocenters. The molecule has 32 heavy (non-hydrogen) atoms. The molecule has 162 valence electrons. The van der Waals surface area contributed by atoms with E-state index >= 15 is 0 Å². The van der Waals surface area contributed by atoms with Crippen LogP contribution in [0, 0.1) is 41.8 Å². The minimum Gasteiger partial charge on any atom is -0.324 e. The number of carbonyl (C=O) groups excluding carboxylic acids is 1. The van der Waals surface area contributed by atoms with Gasteiger partial charge in [-0.2, -0.15) is 0 Å². The summed E-state index contributed by atoms with van der Waals surface area (Å²) in [6, 6.07) is 10.4. The number of benzene rings is 1. The van der Waals surface area contributed by atoms with Gasteiger partial charge in [0.25, 0.3) is 0 Å². The number of rotatable bonds is 4. The van der Waals surface area contributed by atoms with E-state index in [9.17, 15) is 9.18 Å². The maximum atomic E-state index is 13.9. The van der Waals surface area contributed by atoms with E-state index in [0.717, 1.165) is 36.6 Å². The van der Waals surface area contributed by atoms with Crippen molar-refractivity contribution < 1.29 is 9.18 Å². The predicted octanol–water partition coefficient (Wildman–Crippen LogP) is 5.54. The summed E-state index contributed by atoms with van der Waals surface area (Å²) in [4.78, 5) is 21.4. The molecule has 1 amide bonds. The smallest absolute Gasteiger partial charge is 0.227 e. The molecule has 0 saturated heterocycles. The van der Waals surface area contributed by atoms with Crippen LogP contribution in [-0.4, -0.2) is 15.9 Å². The Hall–Kier alpha value is -3.26. The molecule has 0 aliphatic heterocycles. The minimum absolute atomic E-state index is 0.0392. The molecule has 2 heterocycles. The van der Waals surface area contributed by atoms with Gasteiger partial charge in [0.15, 0.2) is 0 Å². The molecule has 0 bridgehead atoms. The number of pyridine rings is 2. The van der Waals surface area contributed by atoms with Crippen molar-refractivity contribution in [2.45, 2.75) is 38.5 Å². The van der Waals surface area contributed by atoms with Crippen molar-refractivity contribution in [2.24, 2.45) is 23.7 Å². The second kappa shape index (κ2) is 8.35. The normalized spacial score (nSPS) is 25.3. The fraction of sp³-hybridized carbons (Fsp3) is 0.370. The summed E-state index contributed by atoms with van der Waals surface area (Å²) in [6.45, 7) is 2.03. The molecular formula is C27H26FN3O. The average Bonchev–Trinajstić information content (AvgIpc) is 3.38. The first-order chi connectivity index (χ1) is 15.5. The van der Waals surface area contributed by atoms with Crippen LogP contribution in [0.4, 0.5) is 10.1 Å². The number of fused-ring (bicyclic) bond motifs is 2. The zero-order chi connectivity index (χ0) is 22.2. The van der Waals surface area contributed by atoms with Crippen LogP contribution in [0.2, 0.25) is 0 Å². The molecule has 3 aromatic rings. The van der Waals surface area contributed by atoms with Crippen molar-refractivity contribution in [3.8, 4) is 12.3 Å². The molecule has 5 rings (SSSR count). The Bertz CT molecular complexity index is 1190. The van der Waals surface area contributed by atoms with Crippen LogP contribution < -0.4 is 5.32 Å². The number of anilines is 1. The molecule has 5 atom stereocenters. The zero-order valence-electron chi connectivity index (χ0n) is 18.1. The molecule has 2 fully saturated rings. The highest BCUT2D eigenvalue weighted by Crippen LogP contribution is 2.54. The van der Waals surface area contributed by atoms with Gasteiger partial charge >= 0.3 is 0 Å². The number of carbonyl (C=O) groups is 1. The fourth-order valence-corrected chi connectivity index (χ4v) is 5.84. The van der Waals surface area contributed by atoms with Crippen LogP contribution in [-0.2, 0) is 4.79 Å². The van der Waals surface area contributed by atoms with Crippen LogP contribution in [0.3, 0.4) is 0 Å². The van der Waals surface area contributed by atoms with E-state index in [4.69, 9.17) is 6.42 Å². The molecule has 5 heteroatoms. The number of hydrogen-bond acceptors (Lipinski definition) is 3. The highest BCUT2D eigenvalue weighted by atomic mass is 19.1. The Kier molecular flexibility index (Phi) is 5.38. The van der Waals surface area contributed by atoms with Crippen LogP contribution >= 0.6 is 0 Å². The summed E-state index contributed by atoms with van der Waals surface area (Å²) in [5.74, 6) is 4.31. The van der Waals surface area contributed by atoms with Crippen LogP contribution in [0.25, 0.3) is 10.9 Å². The third-order valence-electron chi connectivity index (χ3n) is 7.53. The Morgan fingerprint density at radius 3 is 2.59 bits per heavy atom. The van der Waals surface area contributed by atoms with E-state index in [-0.39, 0.29) is 17.6 Å². The second-order valence-electron chi connectivity index (χ2n) is 9.34. The Labute approximate surface area is 187 Å². The van der Waals surface area contributed by atoms with E-state index in [1.165, 1.54) is 11.6 Å². The number of hydrogen-bond donors (Lipinski definition) is 1. The number of nitrogens with zero attached hydrogens (tertiary/aromatic N) is 2. The lowest BCUT2D eigenvalue weighted by Crippen LogP contribution is -2.26. The van der Waals surface area contributed by atoms with E-state index in [0.29, 0.717) is 35.1 Å². The third kappa shape index (κ3) is 3.86. The fourth-order valence-electron chi connectivity index (χ4n) is 5.84. The lowest BCUT2D eigenvalue weighted by molar-refractivity contribution is -0.120. The monoisotopic (exact) mass is 427 g/mol. The van der Waals surface area contributed by atoms with E-state index in [2.05, 4.69) is 27.3 Å². The molecule has 4 nitrogen and oxygen atoms in total. The summed E-state index contributed by atoms with van der Waals surface area (Å²) in [7, 11) is 0. The molecular weight excluding hydrogens is 401 g/mol. The van der Waals surface area contributed by atoms with Gasteiger partial charge in [-0.05, 0) is 91.3 Å². The van der Waals surface area contributed by atoms with Gasteiger partial charge in [0, 0.05) is 17.5 Å². The first kappa shape index (κ1) is 20.6. The zero-order valence-corrected chi connectivity index (χ0v) is 18.1. The molecule has 2 aliphatic carbocycles. The van der Waals surface area contributed by atoms with Crippen LogP contribution in [0.1, 0.15) is 49.8 Å². The SMILES string of the molecule is C#Cc1ccc(NC(=O)C(C)C2C[C@H]3CC(c4ccnc5ccc(F)cc45)C[C@H]3C2)cn1. The topological polar surface area (TPSA) is 54.9 Å². The Balaban J connectivity index is 1.23. The Morgan fingerprint density at radius 2 is 1.91 bits per heavy atom. The highest BCUT2D eigenvalue weighted by Gasteiger charge is 2.44. The summed E-state index contributed by atoms with van der Waals surface area (Å²) in [6.07, 6.45) is 13.1. The van der Waals surface area contributed by atoms with Crippen molar-refractivity contribution >= 4 is 22.5 Å². The summed E-state index contributed by atoms with van der Waals surface area (Å²) in [5, 5.41) is 3.92. The lowest BCUT2D eigenvalue weighted by Gasteiger charge is -2.21. The van der Waals surface area contributed by atoms with Crippen molar-refractivity contribution in [2.75, 3.05) is 5.32 Å². The average molecular weight is 428 g/mol. The molecule has 2 aliphatic rings. The standard InChI is InChI=1S/C27H26FN3O/c1-3-22-5-6-23(15-30-22)31-27(32)16(2)17-10-18-12-20(13-19(18)11-17)24-8-9-29-26-7-4-21(28)14-25(24)26/h1,4-9,14-20H,10-13H2,2H3,(H,31,32)/t16?,17?,18-,19+,20?. The van der Waals surface area contributed by atoms with Gasteiger partial charge in [-0.25, -0.2) is 9.37 Å². The van der Waals surface area contributed by atoms with Gasteiger partial charge in [0.1, 0.15) is 11.5 Å². The van der Waals surface area contributed by atoms with E-state index in [1.54, 1.807) is 30.5 Å². The molecule has 2 saturated carbocycles. The number of aromatic nitrogens is 2. The maximum absolute atomic E-state index is 13.9. The number of amides is 1. The van der Waals surface area contributed by atoms with Gasteiger partial charge in [-0.1, -0.05) is 12.8 Å². The van der Waals surface area contributed by atoms with Crippen LogP contribution in [0.15, 0.2) is 48.8 Å². The quantitative estimate of drug-likeness (QED) is 0.556. The van der Waals surface area contributed by atoms with Crippen molar-refractivity contribution in [3.63, 3.8) is 0 Å². The third-order valence-corrected chi connectivity index (χ3v) is 7.53. The predicted molar refractivity (Wildman–Crippen MR) is 123 cm³/mol. The summed E-state index contributed by atoms with van der Waals surface area (Å²) >= 11 is 0. The largest absolute Gasteiger partial charge is 0.324 e. The van der Waals surface area contributed by atoms with Gasteiger partial charge in [0.2, 0.25) is 5.91 Å². The molecule has 0 spiro atoms. The summed E-state index contributed by atoms with van der Waals surface area (Å²) < 4.78 is 13.9. The maximum Gasteiger partial charge on any atom is 0.227 e. The minimum atomic E-state index is -0.214. The van der Waals surface area contributed by atoms with Crippen molar-refractivity contribution in [1.29, 1.82) is 0 Å². The molecule has 0 radical (unpaired) electrons. The Morgan fingerprint density at radius 1 is 1.12 bits per heavy atom. The summed E-state index contributed by atoms with van der Waals surface area (Å²) in [5.41, 5.74) is 3.30. The van der Waals surface area contributed by atoms with E-state index in [1.807, 2.05) is 13.1 Å². The number of terminal acetylenes is 1. The molecule has 1 N–H and O–H groups in total. The van der Waals surface area contributed by atoms with Gasteiger partial charge in [0.05, 0.1) is 17.4 Å². The second-order valence-corrected chi connectivity index (χ2v) is 9.34. The van der Waals surface area contributed by atoms with Gasteiger partial charge in [-0.3, -0.25) is 9.78 Å². The molecule has 1 aromatic carbocycles. The first-order valence-corrected chi connectivity index (χ1v) is 11.3. The lowest BCUT2D eigenvalue weighted by atomic mass is 9.86. The van der Waals surface area contributed by atoms with Crippen molar-refractivity contribution in [1.82, 2.24) is 9.97 Å². The van der Waals surface area contributed by atoms with Gasteiger partial charge in [-0.15, -0.1) is 6.42 Å². The molecule has 2 aromatic heterocycles. The van der Waals surface area contributed by atoms with E-state index < -0.39 is 0 Å². The van der Waals surface area contributed by atoms with Crippen molar-refractivity contribution in [3.05, 3.63) is 65.9 Å². The van der Waals surface area contributed by atoms with Gasteiger partial charge < -0.3 is 5.32 Å². The first-order valence-electron chi connectivity index (χ1n) is 11.3. The highest BCUT2D eigenvalue weighted by molar-refractivity contribution is 5.92. The number of halogens is 1. The number of nitrogens with one attached hydrogen (secondary N) is 1. The van der Waals surface area contributed by atoms with Crippen LogP contribution in [0.5, 0.6) is 0 Å².